The number of carbonyl (C=O) groups excluding carboxylic acids is 1. The van der Waals surface area contributed by atoms with Gasteiger partial charge < -0.3 is 10.1 Å². The zero-order chi connectivity index (χ0) is 10.6. The van der Waals surface area contributed by atoms with E-state index in [0.717, 1.165) is 25.7 Å². The molecule has 2 atom stereocenters. The molecule has 1 N–H and O–H groups in total. The van der Waals surface area contributed by atoms with Gasteiger partial charge in [-0.25, -0.2) is 0 Å². The fraction of sp³-hybridized carbons (Fsp3) is 0.909. The number of nitrogens with one attached hydrogen (secondary N) is 1. The highest BCUT2D eigenvalue weighted by atomic mass is 16.5. The van der Waals surface area contributed by atoms with Crippen molar-refractivity contribution in [1.82, 2.24) is 5.32 Å². The zero-order valence-corrected chi connectivity index (χ0v) is 9.43. The van der Waals surface area contributed by atoms with Crippen LogP contribution in [0, 0.1) is 5.92 Å². The van der Waals surface area contributed by atoms with Gasteiger partial charge in [-0.05, 0) is 25.8 Å². The van der Waals surface area contributed by atoms with Gasteiger partial charge in [0.2, 0.25) is 0 Å². The Morgan fingerprint density at radius 1 is 1.57 bits per heavy atom. The average molecular weight is 199 g/mol. The summed E-state index contributed by atoms with van der Waals surface area (Å²) in [5.41, 5.74) is -0.415. The van der Waals surface area contributed by atoms with Crippen molar-refractivity contribution in [3.8, 4) is 0 Å². The number of rotatable bonds is 3. The lowest BCUT2D eigenvalue weighted by molar-refractivity contribution is -0.153. The predicted molar refractivity (Wildman–Crippen MR) is 56.1 cm³/mol. The summed E-state index contributed by atoms with van der Waals surface area (Å²) in [5.74, 6) is 0.334. The normalized spacial score (nSPS) is 32.6. The lowest BCUT2D eigenvalue weighted by atomic mass is 9.71. The molecule has 0 aromatic heterocycles. The van der Waals surface area contributed by atoms with E-state index in [9.17, 15) is 4.79 Å². The summed E-state index contributed by atoms with van der Waals surface area (Å²) in [6.45, 7) is 2.14. The topological polar surface area (TPSA) is 38.3 Å². The second-order valence-corrected chi connectivity index (χ2v) is 4.06. The number of hydrogen-bond donors (Lipinski definition) is 1. The highest BCUT2D eigenvalue weighted by Crippen LogP contribution is 2.36. The minimum atomic E-state index is -0.415. The Morgan fingerprint density at radius 3 is 2.79 bits per heavy atom. The summed E-state index contributed by atoms with van der Waals surface area (Å²) >= 11 is 0. The van der Waals surface area contributed by atoms with Crippen LogP contribution in [0.3, 0.4) is 0 Å². The molecule has 0 aliphatic heterocycles. The molecule has 82 valence electrons. The van der Waals surface area contributed by atoms with E-state index in [0.29, 0.717) is 5.92 Å². The first-order valence-corrected chi connectivity index (χ1v) is 5.48. The number of likely N-dealkylation sites (N-methyl/N-ethyl adjacent to an activating group) is 1. The zero-order valence-electron chi connectivity index (χ0n) is 9.43. The maximum atomic E-state index is 11.8. The molecule has 14 heavy (non-hydrogen) atoms. The third kappa shape index (κ3) is 1.78. The monoisotopic (exact) mass is 199 g/mol. The van der Waals surface area contributed by atoms with E-state index in [4.69, 9.17) is 4.74 Å². The lowest BCUT2D eigenvalue weighted by Gasteiger charge is -2.41. The molecular formula is C11H21NO2. The van der Waals surface area contributed by atoms with Crippen LogP contribution < -0.4 is 5.32 Å². The van der Waals surface area contributed by atoms with Crippen LogP contribution in [0.4, 0.5) is 0 Å². The van der Waals surface area contributed by atoms with Crippen LogP contribution >= 0.6 is 0 Å². The van der Waals surface area contributed by atoms with Gasteiger partial charge >= 0.3 is 5.97 Å². The highest BCUT2D eigenvalue weighted by Gasteiger charge is 2.45. The molecule has 1 saturated carbocycles. The van der Waals surface area contributed by atoms with Crippen LogP contribution in [0.1, 0.15) is 39.0 Å². The van der Waals surface area contributed by atoms with Gasteiger partial charge in [-0.1, -0.05) is 26.2 Å². The van der Waals surface area contributed by atoms with Gasteiger partial charge in [0.25, 0.3) is 0 Å². The van der Waals surface area contributed by atoms with Crippen molar-refractivity contribution < 1.29 is 9.53 Å². The molecule has 3 heteroatoms. The van der Waals surface area contributed by atoms with Gasteiger partial charge in [0.15, 0.2) is 0 Å². The number of ether oxygens (including phenoxy) is 1. The Morgan fingerprint density at radius 2 is 2.29 bits per heavy atom. The number of hydrogen-bond acceptors (Lipinski definition) is 3. The first-order valence-electron chi connectivity index (χ1n) is 5.48. The Bertz CT molecular complexity index is 205. The van der Waals surface area contributed by atoms with E-state index in [-0.39, 0.29) is 5.97 Å². The van der Waals surface area contributed by atoms with Crippen LogP contribution in [0.25, 0.3) is 0 Å². The molecule has 0 aromatic rings. The summed E-state index contributed by atoms with van der Waals surface area (Å²) in [7, 11) is 3.34. The molecule has 1 aliphatic carbocycles. The third-order valence-corrected chi connectivity index (χ3v) is 3.56. The van der Waals surface area contributed by atoms with Gasteiger partial charge in [-0.2, -0.15) is 0 Å². The largest absolute Gasteiger partial charge is 0.468 e. The minimum absolute atomic E-state index is 0.0912. The minimum Gasteiger partial charge on any atom is -0.468 e. The van der Waals surface area contributed by atoms with Crippen LogP contribution in [0.15, 0.2) is 0 Å². The molecule has 0 heterocycles. The molecule has 0 bridgehead atoms. The van der Waals surface area contributed by atoms with E-state index in [1.165, 1.54) is 13.5 Å². The second kappa shape index (κ2) is 4.78. The fourth-order valence-corrected chi connectivity index (χ4v) is 2.68. The van der Waals surface area contributed by atoms with Gasteiger partial charge in [0.1, 0.15) is 5.54 Å². The maximum absolute atomic E-state index is 11.8. The van der Waals surface area contributed by atoms with E-state index in [2.05, 4.69) is 12.2 Å². The molecule has 1 fully saturated rings. The summed E-state index contributed by atoms with van der Waals surface area (Å²) in [4.78, 5) is 11.8. The van der Waals surface area contributed by atoms with Crippen molar-refractivity contribution in [1.29, 1.82) is 0 Å². The quantitative estimate of drug-likeness (QED) is 0.703. The maximum Gasteiger partial charge on any atom is 0.326 e. The first kappa shape index (κ1) is 11.5. The summed E-state index contributed by atoms with van der Waals surface area (Å²) in [5, 5.41) is 3.19. The Balaban J connectivity index is 2.86. The predicted octanol–water partition coefficient (Wildman–Crippen LogP) is 1.72. The molecular weight excluding hydrogens is 178 g/mol. The van der Waals surface area contributed by atoms with Gasteiger partial charge in [0.05, 0.1) is 7.11 Å². The molecule has 3 nitrogen and oxygen atoms in total. The van der Waals surface area contributed by atoms with E-state index in [1.807, 2.05) is 7.05 Å². The molecule has 0 amide bonds. The SMILES string of the molecule is CCC1CCCCC1(NC)C(=O)OC. The molecule has 1 aliphatic rings. The van der Waals surface area contributed by atoms with Crippen LogP contribution in [-0.2, 0) is 9.53 Å². The molecule has 0 radical (unpaired) electrons. The van der Waals surface area contributed by atoms with Gasteiger partial charge in [-0.15, -0.1) is 0 Å². The van der Waals surface area contributed by atoms with Crippen LogP contribution in [-0.4, -0.2) is 25.7 Å². The number of methoxy groups -OCH3 is 1. The van der Waals surface area contributed by atoms with Crippen molar-refractivity contribution in [2.45, 2.75) is 44.6 Å². The standard InChI is InChI=1S/C11H21NO2/c1-4-9-7-5-6-8-11(9,12-2)10(13)14-3/h9,12H,4-8H2,1-3H3. The van der Waals surface area contributed by atoms with Crippen molar-refractivity contribution in [2.24, 2.45) is 5.92 Å². The van der Waals surface area contributed by atoms with Crippen molar-refractivity contribution in [3.63, 3.8) is 0 Å². The van der Waals surface area contributed by atoms with Crippen molar-refractivity contribution in [3.05, 3.63) is 0 Å². The Labute approximate surface area is 86.2 Å². The third-order valence-electron chi connectivity index (χ3n) is 3.56. The van der Waals surface area contributed by atoms with Gasteiger partial charge in [0, 0.05) is 0 Å². The fourth-order valence-electron chi connectivity index (χ4n) is 2.68. The van der Waals surface area contributed by atoms with Gasteiger partial charge in [-0.3, -0.25) is 4.79 Å². The molecule has 2 unspecified atom stereocenters. The van der Waals surface area contributed by atoms with Crippen LogP contribution in [0.5, 0.6) is 0 Å². The summed E-state index contributed by atoms with van der Waals surface area (Å²) < 4.78 is 4.91. The molecule has 0 aromatic carbocycles. The highest BCUT2D eigenvalue weighted by molar-refractivity contribution is 5.81. The smallest absolute Gasteiger partial charge is 0.326 e. The first-order chi connectivity index (χ1) is 6.71. The van der Waals surface area contributed by atoms with Crippen molar-refractivity contribution in [2.75, 3.05) is 14.2 Å². The van der Waals surface area contributed by atoms with E-state index in [1.54, 1.807) is 0 Å². The average Bonchev–Trinajstić information content (AvgIpc) is 2.27. The number of carbonyl (C=O) groups is 1. The Hall–Kier alpha value is -0.570. The van der Waals surface area contributed by atoms with Crippen molar-refractivity contribution >= 4 is 5.97 Å². The Kier molecular flexibility index (Phi) is 3.93. The summed E-state index contributed by atoms with van der Waals surface area (Å²) in [6, 6.07) is 0. The number of esters is 1. The van der Waals surface area contributed by atoms with Crippen LogP contribution in [0.2, 0.25) is 0 Å². The van der Waals surface area contributed by atoms with E-state index >= 15 is 0 Å². The lowest BCUT2D eigenvalue weighted by Crippen LogP contribution is -2.57. The molecule has 0 saturated heterocycles. The second-order valence-electron chi connectivity index (χ2n) is 4.06. The van der Waals surface area contributed by atoms with E-state index < -0.39 is 5.54 Å². The summed E-state index contributed by atoms with van der Waals surface area (Å²) in [6.07, 6.45) is 5.43. The molecule has 0 spiro atoms. The molecule has 1 rings (SSSR count).